The van der Waals surface area contributed by atoms with Gasteiger partial charge in [0.2, 0.25) is 0 Å². The summed E-state index contributed by atoms with van der Waals surface area (Å²) in [6.45, 7) is 3.57. The molecule has 0 saturated heterocycles. The number of rotatable bonds is 5. The third kappa shape index (κ3) is 4.71. The minimum atomic E-state index is -0.782. The number of hydrogen-bond acceptors (Lipinski definition) is 3. The van der Waals surface area contributed by atoms with Gasteiger partial charge >= 0.3 is 0 Å². The molecule has 5 rings (SSSR count). The van der Waals surface area contributed by atoms with Gasteiger partial charge in [-0.3, -0.25) is 14.7 Å². The molecule has 0 saturated carbocycles. The van der Waals surface area contributed by atoms with Crippen LogP contribution in [0.4, 0.5) is 5.69 Å². The second-order valence-corrected chi connectivity index (χ2v) is 10.5. The van der Waals surface area contributed by atoms with Crippen LogP contribution in [0.2, 0.25) is 20.1 Å². The Kier molecular flexibility index (Phi) is 6.94. The summed E-state index contributed by atoms with van der Waals surface area (Å²) in [5.74, 6) is -1.79. The molecular formula is C27H20Cl4N4O2. The van der Waals surface area contributed by atoms with Crippen LogP contribution in [0.25, 0.3) is 5.69 Å². The van der Waals surface area contributed by atoms with Gasteiger partial charge in [0.25, 0.3) is 11.5 Å². The van der Waals surface area contributed by atoms with Gasteiger partial charge in [-0.2, -0.15) is 5.10 Å². The zero-order valence-electron chi connectivity index (χ0n) is 19.7. The van der Waals surface area contributed by atoms with Crippen LogP contribution in [0.5, 0.6) is 0 Å². The first-order valence-corrected chi connectivity index (χ1v) is 12.8. The van der Waals surface area contributed by atoms with Gasteiger partial charge in [-0.25, -0.2) is 9.69 Å². The molecule has 1 aromatic heterocycles. The fourth-order valence-electron chi connectivity index (χ4n) is 4.68. The number of anilines is 1. The van der Waals surface area contributed by atoms with E-state index < -0.39 is 11.8 Å². The number of amides is 1. The number of H-pyrrole nitrogens is 1. The van der Waals surface area contributed by atoms with E-state index in [1.165, 1.54) is 9.69 Å². The molecule has 10 heteroatoms. The maximum atomic E-state index is 13.9. The van der Waals surface area contributed by atoms with Crippen molar-refractivity contribution in [2.24, 2.45) is 11.0 Å². The van der Waals surface area contributed by atoms with Crippen molar-refractivity contribution >= 4 is 63.7 Å². The van der Waals surface area contributed by atoms with Crippen molar-refractivity contribution in [3.8, 4) is 5.69 Å². The van der Waals surface area contributed by atoms with E-state index in [1.807, 2.05) is 0 Å². The SMILES string of the molecule is CC1=NN(c2ccc(Cl)cc2)C(=O)C1C(c1ccc(Cl)cc1Cl)c1c(C)[nH]n(-c2ccc(Cl)cc2)c1=O. The van der Waals surface area contributed by atoms with Crippen LogP contribution >= 0.6 is 46.4 Å². The lowest BCUT2D eigenvalue weighted by atomic mass is 9.78. The first-order valence-electron chi connectivity index (χ1n) is 11.3. The molecule has 3 aromatic carbocycles. The van der Waals surface area contributed by atoms with Gasteiger partial charge in [-0.05, 0) is 80.1 Å². The lowest BCUT2D eigenvalue weighted by Crippen LogP contribution is -2.34. The largest absolute Gasteiger partial charge is 0.295 e. The number of aryl methyl sites for hydroxylation is 1. The standard InChI is InChI=1S/C27H20Cl4N4O2/c1-14-23(26(36)34(32-14)19-8-3-16(28)4-9-19)25(21-12-7-18(30)13-22(21)31)24-15(2)33-35(27(24)37)20-10-5-17(29)6-11-20/h3-13,23,25,33H,1-2H3. The first-order chi connectivity index (χ1) is 17.7. The Labute approximate surface area is 233 Å². The van der Waals surface area contributed by atoms with Gasteiger partial charge in [0.15, 0.2) is 0 Å². The fraction of sp³-hybridized carbons (Fsp3) is 0.148. The van der Waals surface area contributed by atoms with Crippen LogP contribution in [0.15, 0.2) is 76.6 Å². The van der Waals surface area contributed by atoms with Crippen molar-refractivity contribution in [1.29, 1.82) is 0 Å². The van der Waals surface area contributed by atoms with Crippen LogP contribution in [0.3, 0.4) is 0 Å². The predicted molar refractivity (Wildman–Crippen MR) is 150 cm³/mol. The van der Waals surface area contributed by atoms with E-state index in [4.69, 9.17) is 46.4 Å². The van der Waals surface area contributed by atoms with Crippen LogP contribution < -0.4 is 10.6 Å². The average molecular weight is 574 g/mol. The Bertz CT molecular complexity index is 1590. The van der Waals surface area contributed by atoms with Gasteiger partial charge in [0.05, 0.1) is 17.3 Å². The molecule has 1 aliphatic rings. The summed E-state index contributed by atoms with van der Waals surface area (Å²) in [7, 11) is 0. The molecular weight excluding hydrogens is 554 g/mol. The van der Waals surface area contributed by atoms with Gasteiger partial charge < -0.3 is 0 Å². The monoisotopic (exact) mass is 572 g/mol. The van der Waals surface area contributed by atoms with Crippen LogP contribution in [0.1, 0.15) is 29.7 Å². The lowest BCUT2D eigenvalue weighted by Gasteiger charge is -2.24. The number of benzene rings is 3. The topological polar surface area (TPSA) is 70.5 Å². The maximum Gasteiger partial charge on any atom is 0.275 e. The van der Waals surface area contributed by atoms with Gasteiger partial charge in [-0.1, -0.05) is 52.5 Å². The summed E-state index contributed by atoms with van der Waals surface area (Å²) >= 11 is 24.9. The van der Waals surface area contributed by atoms with Crippen LogP contribution in [0, 0.1) is 12.8 Å². The molecule has 1 aliphatic heterocycles. The van der Waals surface area contributed by atoms with E-state index in [0.717, 1.165) is 0 Å². The molecule has 4 aromatic rings. The molecule has 6 nitrogen and oxygen atoms in total. The molecule has 0 spiro atoms. The zero-order valence-corrected chi connectivity index (χ0v) is 22.7. The molecule has 0 radical (unpaired) electrons. The molecule has 37 heavy (non-hydrogen) atoms. The first kappa shape index (κ1) is 25.6. The second kappa shape index (κ2) is 10.0. The number of aromatic amines is 1. The van der Waals surface area contributed by atoms with Gasteiger partial charge in [0, 0.05) is 43.0 Å². The summed E-state index contributed by atoms with van der Waals surface area (Å²) in [5, 5.41) is 10.9. The number of nitrogens with zero attached hydrogens (tertiary/aromatic N) is 3. The summed E-state index contributed by atoms with van der Waals surface area (Å²) in [4.78, 5) is 27.8. The molecule has 0 aliphatic carbocycles. The number of nitrogens with one attached hydrogen (secondary N) is 1. The van der Waals surface area contributed by atoms with Crippen molar-refractivity contribution in [3.63, 3.8) is 0 Å². The van der Waals surface area contributed by atoms with Crippen molar-refractivity contribution in [1.82, 2.24) is 9.78 Å². The Morgan fingerprint density at radius 1 is 0.811 bits per heavy atom. The van der Waals surface area contributed by atoms with E-state index in [2.05, 4.69) is 10.2 Å². The smallest absolute Gasteiger partial charge is 0.275 e. The summed E-state index contributed by atoms with van der Waals surface area (Å²) in [6.07, 6.45) is 0. The number of aromatic nitrogens is 2. The Hall–Kier alpha value is -3.03. The zero-order chi connectivity index (χ0) is 26.4. The van der Waals surface area contributed by atoms with Crippen molar-refractivity contribution in [3.05, 3.63) is 114 Å². The quantitative estimate of drug-likeness (QED) is 0.273. The molecule has 2 atom stereocenters. The summed E-state index contributed by atoms with van der Waals surface area (Å²) in [6, 6.07) is 18.8. The highest BCUT2D eigenvalue weighted by Crippen LogP contribution is 2.41. The highest BCUT2D eigenvalue weighted by atomic mass is 35.5. The predicted octanol–water partition coefficient (Wildman–Crippen LogP) is 7.26. The van der Waals surface area contributed by atoms with Gasteiger partial charge in [-0.15, -0.1) is 0 Å². The summed E-state index contributed by atoms with van der Waals surface area (Å²) in [5.41, 5.74) is 3.03. The number of halogens is 4. The maximum absolute atomic E-state index is 13.9. The number of carbonyl (C=O) groups is 1. The number of hydrogen-bond donors (Lipinski definition) is 1. The van der Waals surface area contributed by atoms with Crippen molar-refractivity contribution in [2.45, 2.75) is 19.8 Å². The molecule has 1 N–H and O–H groups in total. The van der Waals surface area contributed by atoms with E-state index in [9.17, 15) is 9.59 Å². The highest BCUT2D eigenvalue weighted by molar-refractivity contribution is 6.35. The van der Waals surface area contributed by atoms with Crippen LogP contribution in [-0.2, 0) is 4.79 Å². The molecule has 188 valence electrons. The highest BCUT2D eigenvalue weighted by Gasteiger charge is 2.44. The number of hydrazone groups is 1. The third-order valence-electron chi connectivity index (χ3n) is 6.40. The third-order valence-corrected chi connectivity index (χ3v) is 7.46. The molecule has 0 bridgehead atoms. The van der Waals surface area contributed by atoms with E-state index in [1.54, 1.807) is 80.6 Å². The van der Waals surface area contributed by atoms with E-state index in [0.29, 0.717) is 54.0 Å². The van der Waals surface area contributed by atoms with Crippen molar-refractivity contribution in [2.75, 3.05) is 5.01 Å². The van der Waals surface area contributed by atoms with Crippen molar-refractivity contribution < 1.29 is 4.79 Å². The van der Waals surface area contributed by atoms with E-state index in [-0.39, 0.29) is 11.5 Å². The Morgan fingerprint density at radius 2 is 1.38 bits per heavy atom. The van der Waals surface area contributed by atoms with E-state index >= 15 is 0 Å². The molecule has 0 fully saturated rings. The minimum absolute atomic E-state index is 0.283. The minimum Gasteiger partial charge on any atom is -0.295 e. The molecule has 2 unspecified atom stereocenters. The normalized spacial score (nSPS) is 16.3. The van der Waals surface area contributed by atoms with Crippen LogP contribution in [-0.4, -0.2) is 21.4 Å². The number of carbonyl (C=O) groups excluding carboxylic acids is 1. The Balaban J connectivity index is 1.68. The Morgan fingerprint density at radius 3 is 1.97 bits per heavy atom. The molecule has 1 amide bonds. The average Bonchev–Trinajstić information content (AvgIpc) is 3.32. The second-order valence-electron chi connectivity index (χ2n) is 8.76. The summed E-state index contributed by atoms with van der Waals surface area (Å²) < 4.78 is 1.43. The fourth-order valence-corrected chi connectivity index (χ4v) is 5.46. The molecule has 2 heterocycles. The van der Waals surface area contributed by atoms with Gasteiger partial charge in [0.1, 0.15) is 0 Å². The lowest BCUT2D eigenvalue weighted by molar-refractivity contribution is -0.120.